The fraction of sp³-hybridized carbons (Fsp3) is 0.435. The Morgan fingerprint density at radius 3 is 2.48 bits per heavy atom. The minimum absolute atomic E-state index is 0.00624. The van der Waals surface area contributed by atoms with Gasteiger partial charge in [-0.25, -0.2) is 0 Å². The number of pyridine rings is 1. The second-order valence-electron chi connectivity index (χ2n) is 7.71. The smallest absolute Gasteiger partial charge is 0.270 e. The van der Waals surface area contributed by atoms with Gasteiger partial charge in [-0.2, -0.15) is 0 Å². The number of para-hydroxylation sites is 2. The van der Waals surface area contributed by atoms with Gasteiger partial charge in [0.05, 0.1) is 11.8 Å². The van der Waals surface area contributed by atoms with Crippen molar-refractivity contribution in [3.05, 3.63) is 53.9 Å². The largest absolute Gasteiger partial charge is 0.489 e. The molecule has 2 N–H and O–H groups in total. The van der Waals surface area contributed by atoms with Crippen molar-refractivity contribution < 1.29 is 14.3 Å². The average Bonchev–Trinajstić information content (AvgIpc) is 2.98. The fourth-order valence-corrected chi connectivity index (χ4v) is 3.50. The Labute approximate surface area is 172 Å². The van der Waals surface area contributed by atoms with Crippen molar-refractivity contribution in [2.24, 2.45) is 0 Å². The van der Waals surface area contributed by atoms with E-state index < -0.39 is 0 Å². The van der Waals surface area contributed by atoms with Crippen LogP contribution in [0, 0.1) is 0 Å². The Morgan fingerprint density at radius 1 is 1.03 bits per heavy atom. The van der Waals surface area contributed by atoms with E-state index in [2.05, 4.69) is 15.6 Å². The number of carbonyl (C=O) groups is 2. The molecule has 0 radical (unpaired) electrons. The number of amides is 2. The number of nitrogens with one attached hydrogen (secondary N) is 2. The molecule has 0 aliphatic heterocycles. The Morgan fingerprint density at radius 2 is 1.76 bits per heavy atom. The van der Waals surface area contributed by atoms with Crippen LogP contribution in [0.25, 0.3) is 0 Å². The van der Waals surface area contributed by atoms with Crippen molar-refractivity contribution in [1.29, 1.82) is 0 Å². The molecule has 2 amide bonds. The third-order valence-corrected chi connectivity index (χ3v) is 4.94. The van der Waals surface area contributed by atoms with Crippen LogP contribution in [0.4, 0.5) is 5.69 Å². The molecule has 1 aromatic carbocycles. The third kappa shape index (κ3) is 6.04. The second kappa shape index (κ2) is 10.0. The minimum atomic E-state index is -0.310. The zero-order chi connectivity index (χ0) is 20.6. The van der Waals surface area contributed by atoms with Crippen molar-refractivity contribution in [3.8, 4) is 5.75 Å². The highest BCUT2D eigenvalue weighted by molar-refractivity contribution is 6.06. The minimum Gasteiger partial charge on any atom is -0.489 e. The number of anilines is 1. The molecular formula is C23H29N3O3. The first-order valence-corrected chi connectivity index (χ1v) is 10.4. The number of hydrogen-bond acceptors (Lipinski definition) is 4. The summed E-state index contributed by atoms with van der Waals surface area (Å²) in [6.45, 7) is 3.86. The van der Waals surface area contributed by atoms with Crippen molar-refractivity contribution in [1.82, 2.24) is 10.3 Å². The third-order valence-electron chi connectivity index (χ3n) is 4.94. The van der Waals surface area contributed by atoms with Gasteiger partial charge in [0.25, 0.3) is 11.8 Å². The number of hydrogen-bond donors (Lipinski definition) is 2. The summed E-state index contributed by atoms with van der Waals surface area (Å²) in [7, 11) is 0. The van der Waals surface area contributed by atoms with E-state index in [9.17, 15) is 9.59 Å². The van der Waals surface area contributed by atoms with Crippen LogP contribution in [0.15, 0.2) is 42.6 Å². The predicted octanol–water partition coefficient (Wildman–Crippen LogP) is 4.57. The number of aromatic nitrogens is 1. The second-order valence-corrected chi connectivity index (χ2v) is 7.71. The van der Waals surface area contributed by atoms with Gasteiger partial charge in [-0.3, -0.25) is 14.6 Å². The quantitative estimate of drug-likeness (QED) is 0.702. The van der Waals surface area contributed by atoms with E-state index in [0.29, 0.717) is 17.0 Å². The van der Waals surface area contributed by atoms with Gasteiger partial charge in [-0.15, -0.1) is 0 Å². The lowest BCUT2D eigenvalue weighted by molar-refractivity contribution is 0.0928. The van der Waals surface area contributed by atoms with E-state index in [1.807, 2.05) is 32.0 Å². The summed E-state index contributed by atoms with van der Waals surface area (Å²) < 4.78 is 5.75. The van der Waals surface area contributed by atoms with Crippen LogP contribution in [0.3, 0.4) is 0 Å². The molecule has 1 aromatic heterocycles. The maximum absolute atomic E-state index is 12.7. The van der Waals surface area contributed by atoms with Crippen LogP contribution in [0.2, 0.25) is 0 Å². The maximum atomic E-state index is 12.7. The van der Waals surface area contributed by atoms with Crippen molar-refractivity contribution in [2.75, 3.05) is 5.32 Å². The molecule has 1 heterocycles. The first kappa shape index (κ1) is 20.8. The van der Waals surface area contributed by atoms with Gasteiger partial charge in [0.1, 0.15) is 11.4 Å². The number of rotatable bonds is 6. The van der Waals surface area contributed by atoms with Gasteiger partial charge in [0.2, 0.25) is 0 Å². The van der Waals surface area contributed by atoms with Gasteiger partial charge >= 0.3 is 0 Å². The van der Waals surface area contributed by atoms with Gasteiger partial charge in [-0.05, 0) is 51.0 Å². The topological polar surface area (TPSA) is 80.3 Å². The number of nitrogens with zero attached hydrogens (tertiary/aromatic N) is 1. The summed E-state index contributed by atoms with van der Waals surface area (Å²) in [5, 5.41) is 5.93. The van der Waals surface area contributed by atoms with Crippen LogP contribution in [-0.4, -0.2) is 28.9 Å². The van der Waals surface area contributed by atoms with Crippen molar-refractivity contribution in [3.63, 3.8) is 0 Å². The molecule has 6 heteroatoms. The lowest BCUT2D eigenvalue weighted by Crippen LogP contribution is -2.35. The normalized spacial score (nSPS) is 14.9. The molecule has 3 rings (SSSR count). The molecule has 1 aliphatic rings. The van der Waals surface area contributed by atoms with Crippen LogP contribution >= 0.6 is 0 Å². The molecule has 6 nitrogen and oxygen atoms in total. The Balaban J connectivity index is 1.69. The number of benzene rings is 1. The molecule has 0 bridgehead atoms. The van der Waals surface area contributed by atoms with E-state index in [1.54, 1.807) is 12.1 Å². The Hall–Kier alpha value is -2.89. The number of carbonyl (C=O) groups excluding carboxylic acids is 2. The lowest BCUT2D eigenvalue weighted by Gasteiger charge is -2.16. The van der Waals surface area contributed by atoms with Crippen molar-refractivity contribution >= 4 is 17.5 Å². The zero-order valence-electron chi connectivity index (χ0n) is 17.1. The molecule has 2 aromatic rings. The van der Waals surface area contributed by atoms with Gasteiger partial charge in [-0.1, -0.05) is 37.8 Å². The first-order valence-electron chi connectivity index (χ1n) is 10.4. The summed E-state index contributed by atoms with van der Waals surface area (Å²) in [6, 6.07) is 10.6. The van der Waals surface area contributed by atoms with Crippen LogP contribution in [0.5, 0.6) is 5.75 Å². The van der Waals surface area contributed by atoms with E-state index in [0.717, 1.165) is 25.7 Å². The van der Waals surface area contributed by atoms with Crippen LogP contribution < -0.4 is 15.4 Å². The lowest BCUT2D eigenvalue weighted by atomic mass is 10.1. The predicted molar refractivity (Wildman–Crippen MR) is 113 cm³/mol. The molecule has 154 valence electrons. The molecule has 1 saturated carbocycles. The molecule has 1 aliphatic carbocycles. The van der Waals surface area contributed by atoms with Gasteiger partial charge in [0.15, 0.2) is 0 Å². The summed E-state index contributed by atoms with van der Waals surface area (Å²) in [5.41, 5.74) is 1.23. The van der Waals surface area contributed by atoms with Crippen molar-refractivity contribution in [2.45, 2.75) is 64.5 Å². The highest BCUT2D eigenvalue weighted by atomic mass is 16.5. The Kier molecular flexibility index (Phi) is 7.22. The highest BCUT2D eigenvalue weighted by Crippen LogP contribution is 2.25. The maximum Gasteiger partial charge on any atom is 0.270 e. The molecular weight excluding hydrogens is 366 g/mol. The fourth-order valence-electron chi connectivity index (χ4n) is 3.50. The zero-order valence-corrected chi connectivity index (χ0v) is 17.1. The average molecular weight is 396 g/mol. The highest BCUT2D eigenvalue weighted by Gasteiger charge is 2.18. The van der Waals surface area contributed by atoms with E-state index >= 15 is 0 Å². The molecule has 0 unspecified atom stereocenters. The number of ether oxygens (including phenoxy) is 1. The van der Waals surface area contributed by atoms with Crippen LogP contribution in [0.1, 0.15) is 73.2 Å². The molecule has 1 fully saturated rings. The van der Waals surface area contributed by atoms with E-state index in [-0.39, 0.29) is 29.7 Å². The summed E-state index contributed by atoms with van der Waals surface area (Å²) >= 11 is 0. The molecule has 0 saturated heterocycles. The summed E-state index contributed by atoms with van der Waals surface area (Å²) in [4.78, 5) is 29.5. The van der Waals surface area contributed by atoms with Crippen LogP contribution in [-0.2, 0) is 0 Å². The summed E-state index contributed by atoms with van der Waals surface area (Å²) in [6.07, 6.45) is 8.21. The van der Waals surface area contributed by atoms with Gasteiger partial charge in [0, 0.05) is 17.8 Å². The standard InChI is InChI=1S/C23H29N3O3/c1-16(2)29-21-12-8-7-11-19(21)26-22(27)17-13-14-24-20(15-17)23(28)25-18-9-5-3-4-6-10-18/h7-8,11-16,18H,3-6,9-10H2,1-2H3,(H,25,28)(H,26,27). The molecule has 29 heavy (non-hydrogen) atoms. The Bertz CT molecular complexity index is 843. The van der Waals surface area contributed by atoms with E-state index in [4.69, 9.17) is 4.74 Å². The summed E-state index contributed by atoms with van der Waals surface area (Å²) in [5.74, 6) is 0.0713. The van der Waals surface area contributed by atoms with Gasteiger partial charge < -0.3 is 15.4 Å². The SMILES string of the molecule is CC(C)Oc1ccccc1NC(=O)c1ccnc(C(=O)NC2CCCCCC2)c1. The monoisotopic (exact) mass is 395 g/mol. The van der Waals surface area contributed by atoms with E-state index in [1.165, 1.54) is 25.1 Å². The molecule has 0 spiro atoms. The molecule has 0 atom stereocenters. The first-order chi connectivity index (χ1) is 14.0.